The molecule has 0 saturated heterocycles. The Hall–Kier alpha value is -1.95. The molecule has 1 heterocycles. The first-order valence-corrected chi connectivity index (χ1v) is 5.97. The van der Waals surface area contributed by atoms with Crippen molar-refractivity contribution in [2.24, 2.45) is 5.92 Å². The molecule has 0 spiro atoms. The third-order valence-electron chi connectivity index (χ3n) is 2.71. The first-order chi connectivity index (χ1) is 8.95. The Morgan fingerprint density at radius 3 is 2.53 bits per heavy atom. The molecule has 0 aliphatic heterocycles. The SMILES string of the molecule is COC(CNC(=O)c1cccc(C(=O)O)n1)C(C)C. The largest absolute Gasteiger partial charge is 0.477 e. The molecule has 0 bridgehead atoms. The molecule has 0 fully saturated rings. The van der Waals surface area contributed by atoms with Gasteiger partial charge >= 0.3 is 5.97 Å². The summed E-state index contributed by atoms with van der Waals surface area (Å²) in [6.07, 6.45) is -0.0911. The molecular formula is C13H18N2O4. The monoisotopic (exact) mass is 266 g/mol. The number of aromatic nitrogens is 1. The van der Waals surface area contributed by atoms with Gasteiger partial charge in [-0.25, -0.2) is 9.78 Å². The van der Waals surface area contributed by atoms with E-state index in [9.17, 15) is 9.59 Å². The second-order valence-corrected chi connectivity index (χ2v) is 4.44. The Balaban J connectivity index is 2.68. The Morgan fingerprint density at radius 1 is 1.37 bits per heavy atom. The van der Waals surface area contributed by atoms with E-state index in [1.165, 1.54) is 18.2 Å². The summed E-state index contributed by atoms with van der Waals surface area (Å²) in [4.78, 5) is 26.4. The van der Waals surface area contributed by atoms with Crippen LogP contribution >= 0.6 is 0 Å². The number of carboxylic acid groups (broad SMARTS) is 1. The van der Waals surface area contributed by atoms with Gasteiger partial charge in [-0.05, 0) is 18.1 Å². The van der Waals surface area contributed by atoms with Crippen molar-refractivity contribution in [1.29, 1.82) is 0 Å². The number of carbonyl (C=O) groups is 2. The van der Waals surface area contributed by atoms with Gasteiger partial charge in [0.25, 0.3) is 5.91 Å². The average Bonchev–Trinajstić information content (AvgIpc) is 2.38. The lowest BCUT2D eigenvalue weighted by molar-refractivity contribution is 0.0603. The van der Waals surface area contributed by atoms with Crippen LogP contribution in [-0.4, -0.2) is 41.7 Å². The summed E-state index contributed by atoms with van der Waals surface area (Å²) in [6.45, 7) is 4.33. The molecule has 1 rings (SSSR count). The van der Waals surface area contributed by atoms with Crippen molar-refractivity contribution in [1.82, 2.24) is 10.3 Å². The van der Waals surface area contributed by atoms with Crippen LogP contribution in [0.2, 0.25) is 0 Å². The van der Waals surface area contributed by atoms with Crippen LogP contribution in [0.25, 0.3) is 0 Å². The lowest BCUT2D eigenvalue weighted by atomic mass is 10.1. The Bertz CT molecular complexity index is 460. The van der Waals surface area contributed by atoms with E-state index < -0.39 is 11.9 Å². The van der Waals surface area contributed by atoms with Crippen molar-refractivity contribution in [2.75, 3.05) is 13.7 Å². The van der Waals surface area contributed by atoms with Crippen LogP contribution in [0, 0.1) is 5.92 Å². The number of nitrogens with one attached hydrogen (secondary N) is 1. The van der Waals surface area contributed by atoms with E-state index in [2.05, 4.69) is 10.3 Å². The van der Waals surface area contributed by atoms with Crippen molar-refractivity contribution in [3.63, 3.8) is 0 Å². The molecule has 19 heavy (non-hydrogen) atoms. The number of pyridine rings is 1. The fourth-order valence-corrected chi connectivity index (χ4v) is 1.56. The maximum atomic E-state index is 11.8. The lowest BCUT2D eigenvalue weighted by Gasteiger charge is -2.19. The summed E-state index contributed by atoms with van der Waals surface area (Å²) >= 11 is 0. The molecule has 6 nitrogen and oxygen atoms in total. The highest BCUT2D eigenvalue weighted by molar-refractivity contribution is 5.94. The molecular weight excluding hydrogens is 248 g/mol. The molecule has 0 aromatic carbocycles. The van der Waals surface area contributed by atoms with Crippen LogP contribution in [0.1, 0.15) is 34.8 Å². The van der Waals surface area contributed by atoms with Crippen molar-refractivity contribution in [3.05, 3.63) is 29.6 Å². The van der Waals surface area contributed by atoms with E-state index in [1.807, 2.05) is 13.8 Å². The minimum absolute atomic E-state index is 0.0820. The van der Waals surface area contributed by atoms with Crippen LogP contribution in [0.15, 0.2) is 18.2 Å². The number of hydrogen-bond donors (Lipinski definition) is 2. The Kier molecular flexibility index (Phi) is 5.44. The Morgan fingerprint density at radius 2 is 2.00 bits per heavy atom. The zero-order valence-corrected chi connectivity index (χ0v) is 11.2. The number of amides is 1. The third kappa shape index (κ3) is 4.33. The van der Waals surface area contributed by atoms with E-state index >= 15 is 0 Å². The van der Waals surface area contributed by atoms with Crippen molar-refractivity contribution in [2.45, 2.75) is 20.0 Å². The van der Waals surface area contributed by atoms with Gasteiger partial charge in [0.1, 0.15) is 11.4 Å². The van der Waals surface area contributed by atoms with Gasteiger partial charge in [0, 0.05) is 13.7 Å². The average molecular weight is 266 g/mol. The molecule has 2 N–H and O–H groups in total. The van der Waals surface area contributed by atoms with Gasteiger partial charge in [-0.15, -0.1) is 0 Å². The molecule has 0 aliphatic rings. The first-order valence-electron chi connectivity index (χ1n) is 5.97. The highest BCUT2D eigenvalue weighted by Crippen LogP contribution is 2.05. The van der Waals surface area contributed by atoms with Crippen LogP contribution < -0.4 is 5.32 Å². The van der Waals surface area contributed by atoms with Gasteiger partial charge in [-0.3, -0.25) is 4.79 Å². The fraction of sp³-hybridized carbons (Fsp3) is 0.462. The van der Waals surface area contributed by atoms with E-state index in [0.717, 1.165) is 0 Å². The third-order valence-corrected chi connectivity index (χ3v) is 2.71. The lowest BCUT2D eigenvalue weighted by Crippen LogP contribution is -2.36. The zero-order valence-electron chi connectivity index (χ0n) is 11.2. The molecule has 0 aliphatic carbocycles. The van der Waals surface area contributed by atoms with Crippen molar-refractivity contribution in [3.8, 4) is 0 Å². The normalized spacial score (nSPS) is 12.2. The van der Waals surface area contributed by atoms with Crippen molar-refractivity contribution >= 4 is 11.9 Å². The molecule has 6 heteroatoms. The van der Waals surface area contributed by atoms with Gasteiger partial charge < -0.3 is 15.2 Å². The molecule has 0 saturated carbocycles. The van der Waals surface area contributed by atoms with Crippen LogP contribution in [-0.2, 0) is 4.74 Å². The summed E-state index contributed by atoms with van der Waals surface area (Å²) < 4.78 is 5.23. The second-order valence-electron chi connectivity index (χ2n) is 4.44. The molecule has 1 aromatic rings. The quantitative estimate of drug-likeness (QED) is 0.807. The van der Waals surface area contributed by atoms with E-state index in [-0.39, 0.29) is 23.4 Å². The minimum Gasteiger partial charge on any atom is -0.477 e. The van der Waals surface area contributed by atoms with Gasteiger partial charge in [-0.2, -0.15) is 0 Å². The number of aromatic carboxylic acids is 1. The number of methoxy groups -OCH3 is 1. The summed E-state index contributed by atoms with van der Waals surface area (Å²) in [5.74, 6) is -1.30. The maximum Gasteiger partial charge on any atom is 0.354 e. The topological polar surface area (TPSA) is 88.5 Å². The van der Waals surface area contributed by atoms with Crippen LogP contribution in [0.5, 0.6) is 0 Å². The Labute approximate surface area is 111 Å². The van der Waals surface area contributed by atoms with E-state index in [1.54, 1.807) is 7.11 Å². The molecule has 1 unspecified atom stereocenters. The van der Waals surface area contributed by atoms with E-state index in [0.29, 0.717) is 6.54 Å². The number of carbonyl (C=O) groups excluding carboxylic acids is 1. The number of hydrogen-bond acceptors (Lipinski definition) is 4. The number of carboxylic acids is 1. The highest BCUT2D eigenvalue weighted by Gasteiger charge is 2.15. The van der Waals surface area contributed by atoms with Crippen LogP contribution in [0.4, 0.5) is 0 Å². The maximum absolute atomic E-state index is 11.8. The fourth-order valence-electron chi connectivity index (χ4n) is 1.56. The van der Waals surface area contributed by atoms with Crippen LogP contribution in [0.3, 0.4) is 0 Å². The number of ether oxygens (including phenoxy) is 1. The van der Waals surface area contributed by atoms with Crippen molar-refractivity contribution < 1.29 is 19.4 Å². The molecule has 1 atom stereocenters. The molecule has 104 valence electrons. The van der Waals surface area contributed by atoms with Gasteiger partial charge in [0.2, 0.25) is 0 Å². The predicted octanol–water partition coefficient (Wildman–Crippen LogP) is 1.18. The standard InChI is InChI=1S/C13H18N2O4/c1-8(2)11(19-3)7-14-12(16)9-5-4-6-10(15-9)13(17)18/h4-6,8,11H,7H2,1-3H3,(H,14,16)(H,17,18). The summed E-state index contributed by atoms with van der Waals surface area (Å²) in [5, 5.41) is 11.5. The molecule has 0 radical (unpaired) electrons. The summed E-state index contributed by atoms with van der Waals surface area (Å²) in [6, 6.07) is 4.30. The minimum atomic E-state index is -1.16. The smallest absolute Gasteiger partial charge is 0.354 e. The highest BCUT2D eigenvalue weighted by atomic mass is 16.5. The predicted molar refractivity (Wildman–Crippen MR) is 69.2 cm³/mol. The summed E-state index contributed by atoms with van der Waals surface area (Å²) in [7, 11) is 1.58. The first kappa shape index (κ1) is 15.1. The zero-order chi connectivity index (χ0) is 14.4. The molecule has 1 aromatic heterocycles. The van der Waals surface area contributed by atoms with Gasteiger partial charge in [-0.1, -0.05) is 19.9 Å². The van der Waals surface area contributed by atoms with Gasteiger partial charge in [0.15, 0.2) is 0 Å². The second kappa shape index (κ2) is 6.84. The van der Waals surface area contributed by atoms with Gasteiger partial charge in [0.05, 0.1) is 6.10 Å². The molecule has 1 amide bonds. The van der Waals surface area contributed by atoms with E-state index in [4.69, 9.17) is 9.84 Å². The number of rotatable bonds is 6. The summed E-state index contributed by atoms with van der Waals surface area (Å²) in [5.41, 5.74) is -0.0710. The number of nitrogens with zero attached hydrogens (tertiary/aromatic N) is 1.